The molecule has 0 aliphatic rings. The largest absolute Gasteiger partial charge is 0.379 e. The number of halogens is 1. The smallest absolute Gasteiger partial charge is 0.0815 e. The average Bonchev–Trinajstić information content (AvgIpc) is 2.91. The number of rotatable bonds is 6. The van der Waals surface area contributed by atoms with Crippen LogP contribution in [0.1, 0.15) is 44.0 Å². The van der Waals surface area contributed by atoms with E-state index >= 15 is 0 Å². The van der Waals surface area contributed by atoms with Crippen LogP contribution in [0.5, 0.6) is 0 Å². The maximum atomic E-state index is 4.66. The van der Waals surface area contributed by atoms with E-state index in [9.17, 15) is 0 Å². The van der Waals surface area contributed by atoms with E-state index in [0.717, 1.165) is 35.2 Å². The summed E-state index contributed by atoms with van der Waals surface area (Å²) >= 11 is 3.55. The minimum atomic E-state index is 0.511. The van der Waals surface area contributed by atoms with Gasteiger partial charge in [-0.05, 0) is 43.5 Å². The van der Waals surface area contributed by atoms with Gasteiger partial charge in [0, 0.05) is 16.4 Å². The van der Waals surface area contributed by atoms with E-state index in [1.165, 1.54) is 5.56 Å². The minimum absolute atomic E-state index is 0.511. The molecule has 0 saturated carbocycles. The fourth-order valence-corrected chi connectivity index (χ4v) is 2.69. The van der Waals surface area contributed by atoms with Gasteiger partial charge in [-0.2, -0.15) is 5.10 Å². The highest BCUT2D eigenvalue weighted by atomic mass is 79.9. The van der Waals surface area contributed by atoms with Crippen LogP contribution in [0.3, 0.4) is 0 Å². The standard InChI is InChI=1S/C16H22BrN3/c1-4-14(5-2)20-10-9-13(19-20)11-18-16-8-6-7-15(17)12(16)3/h6-10,14,18H,4-5,11H2,1-3H3. The van der Waals surface area contributed by atoms with Crippen LogP contribution >= 0.6 is 15.9 Å². The van der Waals surface area contributed by atoms with Gasteiger partial charge in [0.2, 0.25) is 0 Å². The molecule has 1 N–H and O–H groups in total. The summed E-state index contributed by atoms with van der Waals surface area (Å²) in [5, 5.41) is 8.11. The van der Waals surface area contributed by atoms with Crippen LogP contribution in [-0.4, -0.2) is 9.78 Å². The van der Waals surface area contributed by atoms with Gasteiger partial charge in [0.15, 0.2) is 0 Å². The molecule has 0 unspecified atom stereocenters. The van der Waals surface area contributed by atoms with E-state index in [1.54, 1.807) is 0 Å². The summed E-state index contributed by atoms with van der Waals surface area (Å²) in [5.41, 5.74) is 3.46. The summed E-state index contributed by atoms with van der Waals surface area (Å²) in [6.07, 6.45) is 4.33. The van der Waals surface area contributed by atoms with Crippen molar-refractivity contribution in [2.45, 2.75) is 46.2 Å². The molecule has 1 aromatic heterocycles. The van der Waals surface area contributed by atoms with Gasteiger partial charge in [-0.25, -0.2) is 0 Å². The molecule has 0 fully saturated rings. The average molecular weight is 336 g/mol. The van der Waals surface area contributed by atoms with Crippen molar-refractivity contribution in [1.82, 2.24) is 9.78 Å². The van der Waals surface area contributed by atoms with Gasteiger partial charge in [-0.3, -0.25) is 4.68 Å². The molecule has 0 amide bonds. The second-order valence-corrected chi connectivity index (χ2v) is 5.88. The molecule has 3 nitrogen and oxygen atoms in total. The highest BCUT2D eigenvalue weighted by Crippen LogP contribution is 2.24. The van der Waals surface area contributed by atoms with Gasteiger partial charge < -0.3 is 5.32 Å². The van der Waals surface area contributed by atoms with Crippen LogP contribution in [0.25, 0.3) is 0 Å². The third-order valence-corrected chi connectivity index (χ3v) is 4.57. The van der Waals surface area contributed by atoms with Crippen LogP contribution in [0.15, 0.2) is 34.9 Å². The highest BCUT2D eigenvalue weighted by molar-refractivity contribution is 9.10. The predicted molar refractivity (Wildman–Crippen MR) is 88.1 cm³/mol. The van der Waals surface area contributed by atoms with Crippen molar-refractivity contribution < 1.29 is 0 Å². The van der Waals surface area contributed by atoms with Crippen molar-refractivity contribution in [2.75, 3.05) is 5.32 Å². The van der Waals surface area contributed by atoms with Crippen LogP contribution in [0, 0.1) is 6.92 Å². The lowest BCUT2D eigenvalue weighted by Crippen LogP contribution is -2.09. The molecule has 4 heteroatoms. The van der Waals surface area contributed by atoms with E-state index in [2.05, 4.69) is 76.2 Å². The Bertz CT molecular complexity index is 559. The van der Waals surface area contributed by atoms with Crippen molar-refractivity contribution in [3.63, 3.8) is 0 Å². The lowest BCUT2D eigenvalue weighted by Gasteiger charge is -2.13. The molecule has 1 aromatic carbocycles. The number of hydrogen-bond acceptors (Lipinski definition) is 2. The molecular formula is C16H22BrN3. The summed E-state index contributed by atoms with van der Waals surface area (Å²) < 4.78 is 3.22. The number of benzene rings is 1. The first-order valence-corrected chi connectivity index (χ1v) is 7.98. The normalized spacial score (nSPS) is 11.1. The van der Waals surface area contributed by atoms with Crippen molar-refractivity contribution in [1.29, 1.82) is 0 Å². The summed E-state index contributed by atoms with van der Waals surface area (Å²) in [4.78, 5) is 0. The molecule has 20 heavy (non-hydrogen) atoms. The molecule has 0 aliphatic carbocycles. The Kier molecular flexibility index (Phi) is 5.24. The number of nitrogens with zero attached hydrogens (tertiary/aromatic N) is 2. The number of nitrogens with one attached hydrogen (secondary N) is 1. The number of aromatic nitrogens is 2. The van der Waals surface area contributed by atoms with Gasteiger partial charge in [0.25, 0.3) is 0 Å². The van der Waals surface area contributed by atoms with Crippen LogP contribution in [0.2, 0.25) is 0 Å². The minimum Gasteiger partial charge on any atom is -0.379 e. The van der Waals surface area contributed by atoms with Gasteiger partial charge in [-0.1, -0.05) is 35.8 Å². The molecule has 0 aliphatic heterocycles. The number of hydrogen-bond donors (Lipinski definition) is 1. The molecule has 2 rings (SSSR count). The Balaban J connectivity index is 2.03. The molecule has 0 radical (unpaired) electrons. The van der Waals surface area contributed by atoms with Crippen molar-refractivity contribution in [2.24, 2.45) is 0 Å². The van der Waals surface area contributed by atoms with E-state index < -0.39 is 0 Å². The Morgan fingerprint density at radius 1 is 1.25 bits per heavy atom. The summed E-state index contributed by atoms with van der Waals surface area (Å²) in [7, 11) is 0. The molecule has 0 spiro atoms. The van der Waals surface area contributed by atoms with Crippen LogP contribution < -0.4 is 5.32 Å². The van der Waals surface area contributed by atoms with E-state index in [1.807, 2.05) is 6.07 Å². The molecule has 1 heterocycles. The highest BCUT2D eigenvalue weighted by Gasteiger charge is 2.08. The first-order chi connectivity index (χ1) is 9.65. The lowest BCUT2D eigenvalue weighted by atomic mass is 10.2. The maximum absolute atomic E-state index is 4.66. The van der Waals surface area contributed by atoms with Crippen molar-refractivity contribution in [3.05, 3.63) is 46.2 Å². The summed E-state index contributed by atoms with van der Waals surface area (Å²) in [6, 6.07) is 8.80. The molecule has 2 aromatic rings. The van der Waals surface area contributed by atoms with E-state index in [-0.39, 0.29) is 0 Å². The molecule has 0 atom stereocenters. The second kappa shape index (κ2) is 6.93. The molecule has 108 valence electrons. The second-order valence-electron chi connectivity index (χ2n) is 5.02. The van der Waals surface area contributed by atoms with Crippen LogP contribution in [0.4, 0.5) is 5.69 Å². The summed E-state index contributed by atoms with van der Waals surface area (Å²) in [5.74, 6) is 0. The van der Waals surface area contributed by atoms with Gasteiger partial charge in [0.05, 0.1) is 18.3 Å². The molecular weight excluding hydrogens is 314 g/mol. The SMILES string of the molecule is CCC(CC)n1ccc(CNc2cccc(Br)c2C)n1. The van der Waals surface area contributed by atoms with E-state index in [0.29, 0.717) is 6.04 Å². The Morgan fingerprint density at radius 2 is 2.00 bits per heavy atom. The van der Waals surface area contributed by atoms with Gasteiger partial charge >= 0.3 is 0 Å². The van der Waals surface area contributed by atoms with Crippen molar-refractivity contribution >= 4 is 21.6 Å². The zero-order valence-corrected chi connectivity index (χ0v) is 13.9. The fourth-order valence-electron chi connectivity index (χ4n) is 2.32. The quantitative estimate of drug-likeness (QED) is 0.811. The molecule has 0 saturated heterocycles. The van der Waals surface area contributed by atoms with Crippen molar-refractivity contribution in [3.8, 4) is 0 Å². The number of anilines is 1. The fraction of sp³-hybridized carbons (Fsp3) is 0.438. The topological polar surface area (TPSA) is 29.9 Å². The summed E-state index contributed by atoms with van der Waals surface area (Å²) in [6.45, 7) is 7.27. The maximum Gasteiger partial charge on any atom is 0.0815 e. The monoisotopic (exact) mass is 335 g/mol. The molecule has 0 bridgehead atoms. The zero-order chi connectivity index (χ0) is 14.5. The first-order valence-electron chi connectivity index (χ1n) is 7.18. The van der Waals surface area contributed by atoms with Gasteiger partial charge in [-0.15, -0.1) is 0 Å². The predicted octanol–water partition coefficient (Wildman–Crippen LogP) is 4.93. The third-order valence-electron chi connectivity index (χ3n) is 3.71. The van der Waals surface area contributed by atoms with Gasteiger partial charge in [0.1, 0.15) is 0 Å². The van der Waals surface area contributed by atoms with E-state index in [4.69, 9.17) is 0 Å². The Labute approximate surface area is 129 Å². The zero-order valence-electron chi connectivity index (χ0n) is 12.4. The Morgan fingerprint density at radius 3 is 2.70 bits per heavy atom. The Hall–Kier alpha value is -1.29. The van der Waals surface area contributed by atoms with Crippen LogP contribution in [-0.2, 0) is 6.54 Å². The first kappa shape index (κ1) is 15.1. The third kappa shape index (κ3) is 3.42. The lowest BCUT2D eigenvalue weighted by molar-refractivity contribution is 0.426.